The predicted molar refractivity (Wildman–Crippen MR) is 158 cm³/mol. The highest BCUT2D eigenvalue weighted by atomic mass is 35.5. The average Bonchev–Trinajstić information content (AvgIpc) is 2.96. The number of carbonyl (C=O) groups is 3. The Balaban J connectivity index is 1.11. The highest BCUT2D eigenvalue weighted by Gasteiger charge is 2.11. The van der Waals surface area contributed by atoms with Gasteiger partial charge in [0.15, 0.2) is 6.61 Å². The molecule has 0 aliphatic rings. The molecule has 0 radical (unpaired) electrons. The van der Waals surface area contributed by atoms with Crippen molar-refractivity contribution >= 4 is 52.4 Å². The summed E-state index contributed by atoms with van der Waals surface area (Å²) in [7, 11) is 0. The smallest absolute Gasteiger partial charge is 0.306 e. The Morgan fingerprint density at radius 2 is 1.22 bits per heavy atom. The molecule has 0 bridgehead atoms. The topological polar surface area (TPSA) is 103 Å². The van der Waals surface area contributed by atoms with E-state index in [4.69, 9.17) is 37.4 Å². The van der Waals surface area contributed by atoms with Crippen molar-refractivity contribution < 1.29 is 28.6 Å². The van der Waals surface area contributed by atoms with Crippen molar-refractivity contribution in [1.29, 1.82) is 0 Å². The fraction of sp³-hybridized carbons (Fsp3) is 0.129. The summed E-state index contributed by atoms with van der Waals surface area (Å²) in [5.41, 5.74) is 1.11. The van der Waals surface area contributed by atoms with E-state index in [9.17, 15) is 14.4 Å². The maximum atomic E-state index is 12.2. The van der Waals surface area contributed by atoms with Crippen LogP contribution >= 0.6 is 23.2 Å². The molecule has 41 heavy (non-hydrogen) atoms. The van der Waals surface area contributed by atoms with Gasteiger partial charge in [0.25, 0.3) is 5.91 Å². The van der Waals surface area contributed by atoms with Crippen LogP contribution in [-0.2, 0) is 19.1 Å². The van der Waals surface area contributed by atoms with Crippen LogP contribution in [0, 0.1) is 0 Å². The first kappa shape index (κ1) is 29.5. The molecule has 2 N–H and O–H groups in total. The van der Waals surface area contributed by atoms with Gasteiger partial charge in [0.1, 0.15) is 23.0 Å². The van der Waals surface area contributed by atoms with Crippen LogP contribution in [0.3, 0.4) is 0 Å². The van der Waals surface area contributed by atoms with Gasteiger partial charge in [0, 0.05) is 29.2 Å². The second-order valence-electron chi connectivity index (χ2n) is 8.75. The molecule has 4 rings (SSSR count). The summed E-state index contributed by atoms with van der Waals surface area (Å²) in [5, 5.41) is 6.30. The van der Waals surface area contributed by atoms with E-state index in [1.54, 1.807) is 66.7 Å². The van der Waals surface area contributed by atoms with Gasteiger partial charge in [-0.3, -0.25) is 14.4 Å². The van der Waals surface area contributed by atoms with Crippen molar-refractivity contribution in [2.75, 3.05) is 17.2 Å². The molecule has 4 aromatic rings. The first-order valence-electron chi connectivity index (χ1n) is 12.7. The second kappa shape index (κ2) is 14.7. The van der Waals surface area contributed by atoms with Gasteiger partial charge in [-0.15, -0.1) is 0 Å². The zero-order chi connectivity index (χ0) is 29.0. The highest BCUT2D eigenvalue weighted by Crippen LogP contribution is 2.32. The van der Waals surface area contributed by atoms with E-state index in [1.807, 2.05) is 30.3 Å². The normalized spacial score (nSPS) is 10.4. The van der Waals surface area contributed by atoms with Crippen molar-refractivity contribution in [2.45, 2.75) is 19.3 Å². The molecule has 0 atom stereocenters. The van der Waals surface area contributed by atoms with Crippen molar-refractivity contribution in [2.24, 2.45) is 0 Å². The highest BCUT2D eigenvalue weighted by molar-refractivity contribution is 6.35. The SMILES string of the molecule is O=C(CCCC(=O)OCC(=O)Nc1ccc(Oc2ccccc2)cc1)Nc1ccc(Oc2ccc(Cl)cc2Cl)cc1. The molecule has 0 spiro atoms. The molecule has 2 amide bonds. The number of ether oxygens (including phenoxy) is 3. The van der Waals surface area contributed by atoms with Gasteiger partial charge in [0.2, 0.25) is 5.91 Å². The zero-order valence-corrected chi connectivity index (χ0v) is 23.3. The van der Waals surface area contributed by atoms with Crippen molar-refractivity contribution in [1.82, 2.24) is 0 Å². The van der Waals surface area contributed by atoms with Gasteiger partial charge < -0.3 is 24.8 Å². The summed E-state index contributed by atoms with van der Waals surface area (Å²) < 4.78 is 16.5. The van der Waals surface area contributed by atoms with Crippen LogP contribution < -0.4 is 20.1 Å². The molecule has 0 aromatic heterocycles. The number of para-hydroxylation sites is 1. The van der Waals surface area contributed by atoms with Crippen LogP contribution in [0.5, 0.6) is 23.0 Å². The van der Waals surface area contributed by atoms with Gasteiger partial charge in [-0.2, -0.15) is 0 Å². The Bertz CT molecular complexity index is 1480. The summed E-state index contributed by atoms with van der Waals surface area (Å²) in [6, 6.07) is 27.8. The van der Waals surface area contributed by atoms with Gasteiger partial charge in [-0.25, -0.2) is 0 Å². The van der Waals surface area contributed by atoms with E-state index in [1.165, 1.54) is 0 Å². The second-order valence-corrected chi connectivity index (χ2v) is 9.59. The first-order chi connectivity index (χ1) is 19.8. The first-order valence-corrected chi connectivity index (χ1v) is 13.4. The zero-order valence-electron chi connectivity index (χ0n) is 21.8. The molecule has 0 fully saturated rings. The molecule has 8 nitrogen and oxygen atoms in total. The number of halogens is 2. The van der Waals surface area contributed by atoms with Crippen molar-refractivity contribution in [3.8, 4) is 23.0 Å². The minimum absolute atomic E-state index is 0.000844. The summed E-state index contributed by atoms with van der Waals surface area (Å²) in [4.78, 5) is 36.4. The number of nitrogens with one attached hydrogen (secondary N) is 2. The Morgan fingerprint density at radius 3 is 1.85 bits per heavy atom. The Hall–Kier alpha value is -4.53. The molecule has 10 heteroatoms. The number of benzene rings is 4. The van der Waals surface area contributed by atoms with E-state index < -0.39 is 18.5 Å². The number of anilines is 2. The molecule has 0 heterocycles. The van der Waals surface area contributed by atoms with Crippen LogP contribution in [0.2, 0.25) is 10.0 Å². The number of esters is 1. The lowest BCUT2D eigenvalue weighted by Gasteiger charge is -2.10. The fourth-order valence-electron chi connectivity index (χ4n) is 3.55. The third kappa shape index (κ3) is 9.86. The van der Waals surface area contributed by atoms with E-state index in [0.29, 0.717) is 44.4 Å². The van der Waals surface area contributed by atoms with E-state index >= 15 is 0 Å². The van der Waals surface area contributed by atoms with Crippen LogP contribution in [0.25, 0.3) is 0 Å². The summed E-state index contributed by atoms with van der Waals surface area (Å²) in [6.07, 6.45) is 0.379. The van der Waals surface area contributed by atoms with Gasteiger partial charge in [-0.1, -0.05) is 41.4 Å². The maximum absolute atomic E-state index is 12.2. The van der Waals surface area contributed by atoms with E-state index in [2.05, 4.69) is 10.6 Å². The van der Waals surface area contributed by atoms with Crippen molar-refractivity contribution in [3.05, 3.63) is 107 Å². The van der Waals surface area contributed by atoms with Gasteiger partial charge in [0.05, 0.1) is 5.02 Å². The quantitative estimate of drug-likeness (QED) is 0.162. The third-order valence-corrected chi connectivity index (χ3v) is 6.06. The van der Waals surface area contributed by atoms with E-state index in [-0.39, 0.29) is 25.2 Å². The van der Waals surface area contributed by atoms with Crippen LogP contribution in [0.4, 0.5) is 11.4 Å². The molecule has 0 saturated carbocycles. The monoisotopic (exact) mass is 592 g/mol. The van der Waals surface area contributed by atoms with Crippen molar-refractivity contribution in [3.63, 3.8) is 0 Å². The lowest BCUT2D eigenvalue weighted by atomic mass is 10.2. The molecule has 210 valence electrons. The van der Waals surface area contributed by atoms with E-state index in [0.717, 1.165) is 0 Å². The number of hydrogen-bond acceptors (Lipinski definition) is 6. The fourth-order valence-corrected chi connectivity index (χ4v) is 4.00. The maximum Gasteiger partial charge on any atom is 0.306 e. The molecular formula is C31H26Cl2N2O6. The van der Waals surface area contributed by atoms with Gasteiger partial charge >= 0.3 is 5.97 Å². The number of hydrogen-bond donors (Lipinski definition) is 2. The molecular weight excluding hydrogens is 567 g/mol. The van der Waals surface area contributed by atoms with Crippen LogP contribution in [0.1, 0.15) is 19.3 Å². The average molecular weight is 593 g/mol. The minimum Gasteiger partial charge on any atom is -0.457 e. The largest absolute Gasteiger partial charge is 0.457 e. The molecule has 0 saturated heterocycles. The van der Waals surface area contributed by atoms with Gasteiger partial charge in [-0.05, 0) is 85.3 Å². The lowest BCUT2D eigenvalue weighted by molar-refractivity contribution is -0.147. The lowest BCUT2D eigenvalue weighted by Crippen LogP contribution is -2.21. The molecule has 0 unspecified atom stereocenters. The molecule has 0 aliphatic carbocycles. The van der Waals surface area contributed by atoms with Crippen LogP contribution in [0.15, 0.2) is 97.1 Å². The predicted octanol–water partition coefficient (Wildman–Crippen LogP) is 7.87. The minimum atomic E-state index is -0.568. The standard InChI is InChI=1S/C31H26Cl2N2O6/c32-21-9-18-28(27(33)19-21)41-26-16-12-22(13-17-26)34-29(36)7-4-8-31(38)39-20-30(37)35-23-10-14-25(15-11-23)40-24-5-2-1-3-6-24/h1-3,5-6,9-19H,4,7-8,20H2,(H,34,36)(H,35,37). The summed E-state index contributed by atoms with van der Waals surface area (Å²) in [5.74, 6) is 1.02. The summed E-state index contributed by atoms with van der Waals surface area (Å²) in [6.45, 7) is -0.428. The van der Waals surface area contributed by atoms with Crippen LogP contribution in [-0.4, -0.2) is 24.4 Å². The molecule has 4 aromatic carbocycles. The number of amides is 2. The number of rotatable bonds is 12. The third-order valence-electron chi connectivity index (χ3n) is 5.53. The Kier molecular flexibility index (Phi) is 10.6. The Labute approximate surface area is 247 Å². The number of carbonyl (C=O) groups excluding carboxylic acids is 3. The molecule has 0 aliphatic heterocycles. The Morgan fingerprint density at radius 1 is 0.634 bits per heavy atom. The summed E-state index contributed by atoms with van der Waals surface area (Å²) >= 11 is 12.0.